The van der Waals surface area contributed by atoms with Crippen LogP contribution in [0.3, 0.4) is 0 Å². The molecule has 0 bridgehead atoms. The number of carbonyl (C=O) groups is 4. The van der Waals surface area contributed by atoms with Crippen molar-refractivity contribution in [1.29, 1.82) is 0 Å². The molecule has 284 valence electrons. The van der Waals surface area contributed by atoms with E-state index in [1.165, 1.54) is 19.5 Å². The van der Waals surface area contributed by atoms with Crippen LogP contribution in [0.25, 0.3) is 0 Å². The van der Waals surface area contributed by atoms with Gasteiger partial charge in [-0.05, 0) is 54.5 Å². The van der Waals surface area contributed by atoms with Gasteiger partial charge >= 0.3 is 0 Å². The molecule has 2 unspecified atom stereocenters. The van der Waals surface area contributed by atoms with Gasteiger partial charge < -0.3 is 18.9 Å². The van der Waals surface area contributed by atoms with Gasteiger partial charge in [0.15, 0.2) is 12.6 Å². The van der Waals surface area contributed by atoms with E-state index in [0.29, 0.717) is 29.0 Å². The predicted octanol–water partition coefficient (Wildman–Crippen LogP) is 5.31. The number of hydrogen-bond acceptors (Lipinski definition) is 13. The van der Waals surface area contributed by atoms with Crippen LogP contribution in [0.15, 0.2) is 29.4 Å². The van der Waals surface area contributed by atoms with Gasteiger partial charge in [0, 0.05) is 37.3 Å². The Morgan fingerprint density at radius 3 is 1.63 bits per heavy atom. The van der Waals surface area contributed by atoms with Gasteiger partial charge in [0.05, 0.1) is 49.9 Å². The standard InChI is InChI=1S/C17H24N2O4.C10H13BrN2O.C9H17NO4/c1-17(2,3)15(21)8-12-9-19-13(10-18-12)14(20)11-23-16-6-4-5-7-22-16;1-10(2,3)8(14)4-7-5-13-9(11)6-12-7;1-10(12-2)8(11)7-14-9-5-3-4-6-13-9/h9-10,16H,4-8,11H2,1-3H3;5-6H,4H2,1-3H3;9H,3-7H2,1-2H3. The molecule has 0 saturated carbocycles. The monoisotopic (exact) mass is 779 g/mol. The first-order valence-corrected chi connectivity index (χ1v) is 17.9. The van der Waals surface area contributed by atoms with Crippen molar-refractivity contribution >= 4 is 39.2 Å². The summed E-state index contributed by atoms with van der Waals surface area (Å²) in [5.41, 5.74) is 0.803. The Kier molecular flexibility index (Phi) is 19.1. The molecule has 2 aromatic rings. The van der Waals surface area contributed by atoms with Gasteiger partial charge in [0.2, 0.25) is 5.78 Å². The molecular weight excluding hydrogens is 726 g/mol. The van der Waals surface area contributed by atoms with E-state index < -0.39 is 5.41 Å². The van der Waals surface area contributed by atoms with E-state index in [4.69, 9.17) is 23.8 Å². The number of halogens is 1. The molecule has 51 heavy (non-hydrogen) atoms. The zero-order valence-electron chi connectivity index (χ0n) is 31.2. The quantitative estimate of drug-likeness (QED) is 0.201. The van der Waals surface area contributed by atoms with Crippen LogP contribution in [0.5, 0.6) is 0 Å². The Morgan fingerprint density at radius 2 is 1.24 bits per heavy atom. The average molecular weight is 781 g/mol. The Bertz CT molecular complexity index is 1370. The number of aromatic nitrogens is 4. The Morgan fingerprint density at radius 1 is 0.745 bits per heavy atom. The second-order valence-corrected chi connectivity index (χ2v) is 14.9. The molecule has 1 amide bonds. The average Bonchev–Trinajstić information content (AvgIpc) is 3.11. The number of nitrogens with zero attached hydrogens (tertiary/aromatic N) is 5. The van der Waals surface area contributed by atoms with Crippen molar-refractivity contribution in [3.63, 3.8) is 0 Å². The van der Waals surface area contributed by atoms with Gasteiger partial charge in [0.25, 0.3) is 5.91 Å². The highest BCUT2D eigenvalue weighted by molar-refractivity contribution is 9.10. The van der Waals surface area contributed by atoms with E-state index >= 15 is 0 Å². The summed E-state index contributed by atoms with van der Waals surface area (Å²) >= 11 is 3.19. The van der Waals surface area contributed by atoms with Gasteiger partial charge in [-0.25, -0.2) is 15.0 Å². The number of Topliss-reactive ketones (excluding diaryl/α,β-unsaturated/α-hetero) is 3. The predicted molar refractivity (Wildman–Crippen MR) is 191 cm³/mol. The third-order valence-electron chi connectivity index (χ3n) is 7.72. The molecular formula is C36H54BrN5O9. The van der Waals surface area contributed by atoms with Gasteiger partial charge in [-0.1, -0.05) is 41.5 Å². The van der Waals surface area contributed by atoms with Crippen molar-refractivity contribution in [2.45, 2.75) is 105 Å². The largest absolute Gasteiger partial charge is 0.353 e. The van der Waals surface area contributed by atoms with Crippen molar-refractivity contribution in [3.05, 3.63) is 46.5 Å². The third kappa shape index (κ3) is 17.8. The summed E-state index contributed by atoms with van der Waals surface area (Å²) in [7, 11) is 2.99. The Hall–Kier alpha value is -3.08. The van der Waals surface area contributed by atoms with Gasteiger partial charge in [-0.3, -0.25) is 34.0 Å². The minimum atomic E-state index is -0.413. The van der Waals surface area contributed by atoms with Crippen LogP contribution in [-0.2, 0) is 51.0 Å². The maximum atomic E-state index is 12.0. The normalized spacial score (nSPS) is 17.6. The van der Waals surface area contributed by atoms with Crippen LogP contribution in [0.2, 0.25) is 0 Å². The van der Waals surface area contributed by atoms with Crippen molar-refractivity contribution in [2.24, 2.45) is 10.8 Å². The van der Waals surface area contributed by atoms with Gasteiger partial charge in [0.1, 0.15) is 35.1 Å². The molecule has 2 aliphatic heterocycles. The molecule has 0 aromatic carbocycles. The van der Waals surface area contributed by atoms with E-state index in [1.54, 1.807) is 19.4 Å². The smallest absolute Gasteiger partial charge is 0.271 e. The molecule has 0 aliphatic carbocycles. The summed E-state index contributed by atoms with van der Waals surface area (Å²) in [4.78, 5) is 68.0. The third-order valence-corrected chi connectivity index (χ3v) is 8.12. The number of amides is 1. The second kappa shape index (κ2) is 22.1. The number of hydroxylamine groups is 2. The van der Waals surface area contributed by atoms with Crippen molar-refractivity contribution in [1.82, 2.24) is 25.0 Å². The molecule has 0 spiro atoms. The fourth-order valence-corrected chi connectivity index (χ4v) is 4.37. The lowest BCUT2D eigenvalue weighted by Crippen LogP contribution is -2.32. The summed E-state index contributed by atoms with van der Waals surface area (Å²) in [5.74, 6) is -0.181. The number of rotatable bonds is 12. The maximum Gasteiger partial charge on any atom is 0.271 e. The van der Waals surface area contributed by atoms with Crippen LogP contribution in [0.1, 0.15) is 102 Å². The van der Waals surface area contributed by atoms with Crippen LogP contribution in [-0.4, -0.2) is 101 Å². The zero-order chi connectivity index (χ0) is 38.0. The first-order valence-electron chi connectivity index (χ1n) is 17.1. The number of hydrogen-bond donors (Lipinski definition) is 0. The number of carbonyl (C=O) groups excluding carboxylic acids is 4. The van der Waals surface area contributed by atoms with Crippen LogP contribution >= 0.6 is 15.9 Å². The van der Waals surface area contributed by atoms with E-state index in [0.717, 1.165) is 50.2 Å². The lowest BCUT2D eigenvalue weighted by Gasteiger charge is -2.23. The van der Waals surface area contributed by atoms with Crippen LogP contribution in [0, 0.1) is 10.8 Å². The Balaban J connectivity index is 0.000000280. The van der Waals surface area contributed by atoms with Crippen molar-refractivity contribution < 1.29 is 43.0 Å². The minimum absolute atomic E-state index is 0.00894. The first-order chi connectivity index (χ1) is 24.0. The fraction of sp³-hybridized carbons (Fsp3) is 0.667. The lowest BCUT2D eigenvalue weighted by molar-refractivity contribution is -0.194. The lowest BCUT2D eigenvalue weighted by atomic mass is 9.88. The topological polar surface area (TPSA) is 169 Å². The zero-order valence-corrected chi connectivity index (χ0v) is 32.8. The van der Waals surface area contributed by atoms with Crippen molar-refractivity contribution in [3.8, 4) is 0 Å². The highest BCUT2D eigenvalue weighted by atomic mass is 79.9. The highest BCUT2D eigenvalue weighted by Gasteiger charge is 2.23. The SMILES string of the molecule is CC(C)(C)C(=O)Cc1cnc(Br)cn1.CC(C)(C)C(=O)Cc1cnc(C(=O)COC2CCCCO2)cn1.CON(C)C(=O)COC1CCCCO1. The molecule has 15 heteroatoms. The molecule has 4 rings (SSSR count). The maximum absolute atomic E-state index is 12.0. The molecule has 2 saturated heterocycles. The molecule has 4 heterocycles. The first kappa shape index (κ1) is 44.1. The van der Waals surface area contributed by atoms with Gasteiger partial charge in [-0.2, -0.15) is 0 Å². The summed E-state index contributed by atoms with van der Waals surface area (Å²) in [6.07, 6.45) is 12.1. The summed E-state index contributed by atoms with van der Waals surface area (Å²) < 4.78 is 22.1. The Labute approximate surface area is 309 Å². The number of ketones is 3. The highest BCUT2D eigenvalue weighted by Crippen LogP contribution is 2.19. The molecule has 0 N–H and O–H groups in total. The van der Waals surface area contributed by atoms with E-state index in [-0.39, 0.29) is 66.6 Å². The minimum Gasteiger partial charge on any atom is -0.353 e. The second-order valence-electron chi connectivity index (χ2n) is 14.1. The summed E-state index contributed by atoms with van der Waals surface area (Å²) in [6.45, 7) is 12.6. The van der Waals surface area contributed by atoms with E-state index in [2.05, 4.69) is 35.9 Å². The van der Waals surface area contributed by atoms with Crippen LogP contribution < -0.4 is 0 Å². The molecule has 2 aromatic heterocycles. The molecule has 2 atom stereocenters. The van der Waals surface area contributed by atoms with Gasteiger partial charge in [-0.15, -0.1) is 0 Å². The van der Waals surface area contributed by atoms with E-state index in [9.17, 15) is 19.2 Å². The molecule has 0 radical (unpaired) electrons. The molecule has 14 nitrogen and oxygen atoms in total. The number of likely N-dealkylation sites (N-methyl/N-ethyl adjacent to an activating group) is 1. The molecule has 2 aliphatic rings. The van der Waals surface area contributed by atoms with Crippen molar-refractivity contribution in [2.75, 3.05) is 40.6 Å². The fourth-order valence-electron chi connectivity index (χ4n) is 4.16. The number of ether oxygens (including phenoxy) is 4. The summed E-state index contributed by atoms with van der Waals surface area (Å²) in [5, 5.41) is 1.14. The molecule has 2 fully saturated rings. The van der Waals surface area contributed by atoms with E-state index in [1.807, 2.05) is 41.5 Å². The van der Waals surface area contributed by atoms with Crippen LogP contribution in [0.4, 0.5) is 0 Å². The summed E-state index contributed by atoms with van der Waals surface area (Å²) in [6, 6.07) is 0.